The van der Waals surface area contributed by atoms with E-state index in [1.54, 1.807) is 6.20 Å². The monoisotopic (exact) mass is 374 g/mol. The van der Waals surface area contributed by atoms with Gasteiger partial charge in [0.25, 0.3) is 5.91 Å². The van der Waals surface area contributed by atoms with Crippen LogP contribution in [0.15, 0.2) is 66.9 Å². The summed E-state index contributed by atoms with van der Waals surface area (Å²) in [6, 6.07) is 20.4. The van der Waals surface area contributed by atoms with E-state index in [2.05, 4.69) is 36.3 Å². The van der Waals surface area contributed by atoms with E-state index in [9.17, 15) is 4.79 Å². The lowest BCUT2D eigenvalue weighted by Gasteiger charge is -2.17. The fraction of sp³-hybridized carbons (Fsp3) is 0.304. The molecule has 1 saturated heterocycles. The maximum Gasteiger partial charge on any atom is 0.257 e. The second-order valence-electron chi connectivity index (χ2n) is 7.39. The first-order valence-corrected chi connectivity index (χ1v) is 9.85. The van der Waals surface area contributed by atoms with Crippen LogP contribution in [0, 0.1) is 0 Å². The van der Waals surface area contributed by atoms with Crippen molar-refractivity contribution < 1.29 is 4.79 Å². The Morgan fingerprint density at radius 3 is 2.43 bits per heavy atom. The van der Waals surface area contributed by atoms with Gasteiger partial charge >= 0.3 is 0 Å². The van der Waals surface area contributed by atoms with Crippen LogP contribution in [0.5, 0.6) is 0 Å². The van der Waals surface area contributed by atoms with Crippen LogP contribution in [0.3, 0.4) is 0 Å². The standard InChI is InChI=1S/C23H26N4O/c1-2-22-19(13-25-27(22)14-17-9-5-3-6-10-17)23(28)26-15-20(21(24)16-26)18-11-7-4-8-12-18/h3-13,20-21H,2,14-16,24H2,1H3/t20-,21+/m0/s1. The van der Waals surface area contributed by atoms with Crippen molar-refractivity contribution in [3.8, 4) is 0 Å². The maximum absolute atomic E-state index is 13.2. The van der Waals surface area contributed by atoms with Gasteiger partial charge in [-0.15, -0.1) is 0 Å². The minimum Gasteiger partial charge on any atom is -0.336 e. The van der Waals surface area contributed by atoms with E-state index >= 15 is 0 Å². The lowest BCUT2D eigenvalue weighted by molar-refractivity contribution is 0.0788. The summed E-state index contributed by atoms with van der Waals surface area (Å²) in [7, 11) is 0. The Morgan fingerprint density at radius 1 is 1.07 bits per heavy atom. The van der Waals surface area contributed by atoms with E-state index in [-0.39, 0.29) is 17.9 Å². The lowest BCUT2D eigenvalue weighted by atomic mass is 9.95. The van der Waals surface area contributed by atoms with Crippen LogP contribution < -0.4 is 5.73 Å². The molecule has 1 amide bonds. The molecule has 2 N–H and O–H groups in total. The molecule has 2 atom stereocenters. The fourth-order valence-corrected chi connectivity index (χ4v) is 4.07. The SMILES string of the molecule is CCc1c(C(=O)N2C[C@@H](N)[C@H](c3ccccc3)C2)cnn1Cc1ccccc1. The summed E-state index contributed by atoms with van der Waals surface area (Å²) in [5.41, 5.74) is 10.4. The molecule has 2 aromatic carbocycles. The van der Waals surface area contributed by atoms with Crippen LogP contribution in [0.2, 0.25) is 0 Å². The predicted octanol–water partition coefficient (Wildman–Crippen LogP) is 3.06. The first-order chi connectivity index (χ1) is 13.7. The molecule has 0 saturated carbocycles. The minimum atomic E-state index is -0.0456. The van der Waals surface area contributed by atoms with Crippen molar-refractivity contribution in [3.05, 3.63) is 89.2 Å². The molecule has 0 spiro atoms. The molecular weight excluding hydrogens is 348 g/mol. The molecule has 144 valence electrons. The highest BCUT2D eigenvalue weighted by molar-refractivity contribution is 5.95. The van der Waals surface area contributed by atoms with Gasteiger partial charge in [-0.2, -0.15) is 5.10 Å². The van der Waals surface area contributed by atoms with Gasteiger partial charge in [0, 0.05) is 25.0 Å². The molecule has 1 aliphatic rings. The van der Waals surface area contributed by atoms with Crippen LogP contribution >= 0.6 is 0 Å². The number of rotatable bonds is 5. The largest absolute Gasteiger partial charge is 0.336 e. The first-order valence-electron chi connectivity index (χ1n) is 9.85. The summed E-state index contributed by atoms with van der Waals surface area (Å²) >= 11 is 0. The zero-order valence-corrected chi connectivity index (χ0v) is 16.2. The number of carbonyl (C=O) groups excluding carboxylic acids is 1. The van der Waals surface area contributed by atoms with Gasteiger partial charge in [0.05, 0.1) is 24.0 Å². The highest BCUT2D eigenvalue weighted by Gasteiger charge is 2.35. The topological polar surface area (TPSA) is 64.2 Å². The van der Waals surface area contributed by atoms with E-state index in [4.69, 9.17) is 5.73 Å². The van der Waals surface area contributed by atoms with Crippen LogP contribution in [-0.4, -0.2) is 39.7 Å². The van der Waals surface area contributed by atoms with Gasteiger partial charge in [-0.25, -0.2) is 0 Å². The number of nitrogens with two attached hydrogens (primary N) is 1. The third kappa shape index (κ3) is 3.58. The molecule has 5 nitrogen and oxygen atoms in total. The molecule has 0 bridgehead atoms. The lowest BCUT2D eigenvalue weighted by Crippen LogP contribution is -2.32. The maximum atomic E-state index is 13.2. The number of likely N-dealkylation sites (tertiary alicyclic amines) is 1. The molecule has 0 unspecified atom stereocenters. The number of hydrogen-bond acceptors (Lipinski definition) is 3. The number of carbonyl (C=O) groups is 1. The van der Waals surface area contributed by atoms with Gasteiger partial charge in [0.1, 0.15) is 0 Å². The summed E-state index contributed by atoms with van der Waals surface area (Å²) < 4.78 is 1.94. The average Bonchev–Trinajstić information content (AvgIpc) is 3.32. The molecule has 4 rings (SSSR count). The van der Waals surface area contributed by atoms with Gasteiger partial charge in [0.15, 0.2) is 0 Å². The van der Waals surface area contributed by atoms with Crippen LogP contribution in [0.4, 0.5) is 0 Å². The Balaban J connectivity index is 1.54. The highest BCUT2D eigenvalue weighted by Crippen LogP contribution is 2.28. The van der Waals surface area contributed by atoms with E-state index in [1.165, 1.54) is 11.1 Å². The molecular formula is C23H26N4O. The molecule has 1 fully saturated rings. The summed E-state index contributed by atoms with van der Waals surface area (Å²) in [5, 5.41) is 4.51. The zero-order valence-electron chi connectivity index (χ0n) is 16.2. The van der Waals surface area contributed by atoms with Crippen LogP contribution in [0.25, 0.3) is 0 Å². The van der Waals surface area contributed by atoms with Crippen molar-refractivity contribution in [3.63, 3.8) is 0 Å². The normalized spacial score (nSPS) is 19.1. The Bertz CT molecular complexity index is 936. The number of benzene rings is 2. The second kappa shape index (κ2) is 7.98. The molecule has 3 aromatic rings. The number of hydrogen-bond donors (Lipinski definition) is 1. The third-order valence-electron chi connectivity index (χ3n) is 5.57. The molecule has 0 radical (unpaired) electrons. The quantitative estimate of drug-likeness (QED) is 0.746. The minimum absolute atomic E-state index is 0.0324. The van der Waals surface area contributed by atoms with Crippen molar-refractivity contribution in [2.24, 2.45) is 5.73 Å². The Kier molecular flexibility index (Phi) is 5.26. The third-order valence-corrected chi connectivity index (χ3v) is 5.57. The highest BCUT2D eigenvalue weighted by atomic mass is 16.2. The van der Waals surface area contributed by atoms with Gasteiger partial charge < -0.3 is 10.6 Å². The van der Waals surface area contributed by atoms with Crippen molar-refractivity contribution >= 4 is 5.91 Å². The Labute approximate surface area is 165 Å². The summed E-state index contributed by atoms with van der Waals surface area (Å²) in [5.74, 6) is 0.208. The van der Waals surface area contributed by atoms with Crippen LogP contribution in [-0.2, 0) is 13.0 Å². The van der Waals surface area contributed by atoms with Crippen LogP contribution in [0.1, 0.15) is 40.0 Å². The van der Waals surface area contributed by atoms with Crippen molar-refractivity contribution in [1.82, 2.24) is 14.7 Å². The average molecular weight is 374 g/mol. The van der Waals surface area contributed by atoms with E-state index in [0.717, 1.165) is 12.1 Å². The molecule has 0 aliphatic carbocycles. The van der Waals surface area contributed by atoms with Gasteiger partial charge in [-0.05, 0) is 17.5 Å². The van der Waals surface area contributed by atoms with Gasteiger partial charge in [-0.3, -0.25) is 9.48 Å². The molecule has 1 aromatic heterocycles. The number of nitrogens with zero attached hydrogens (tertiary/aromatic N) is 3. The second-order valence-corrected chi connectivity index (χ2v) is 7.39. The Hall–Kier alpha value is -2.92. The zero-order chi connectivity index (χ0) is 19.5. The van der Waals surface area contributed by atoms with Crippen molar-refractivity contribution in [2.45, 2.75) is 31.8 Å². The van der Waals surface area contributed by atoms with Crippen molar-refractivity contribution in [2.75, 3.05) is 13.1 Å². The smallest absolute Gasteiger partial charge is 0.257 e. The molecule has 2 heterocycles. The summed E-state index contributed by atoms with van der Waals surface area (Å²) in [4.78, 5) is 15.1. The first kappa shape index (κ1) is 18.4. The molecule has 1 aliphatic heterocycles. The van der Waals surface area contributed by atoms with Crippen molar-refractivity contribution in [1.29, 1.82) is 0 Å². The number of amides is 1. The predicted molar refractivity (Wildman–Crippen MR) is 110 cm³/mol. The summed E-state index contributed by atoms with van der Waals surface area (Å²) in [6.45, 7) is 3.96. The van der Waals surface area contributed by atoms with E-state index in [0.29, 0.717) is 25.2 Å². The molecule has 5 heteroatoms. The van der Waals surface area contributed by atoms with E-state index in [1.807, 2.05) is 46.0 Å². The number of aromatic nitrogens is 2. The summed E-state index contributed by atoms with van der Waals surface area (Å²) in [6.07, 6.45) is 2.47. The van der Waals surface area contributed by atoms with Gasteiger partial charge in [-0.1, -0.05) is 67.6 Å². The fourth-order valence-electron chi connectivity index (χ4n) is 4.07. The van der Waals surface area contributed by atoms with Gasteiger partial charge in [0.2, 0.25) is 0 Å². The van der Waals surface area contributed by atoms with E-state index < -0.39 is 0 Å². The Morgan fingerprint density at radius 2 is 1.75 bits per heavy atom. The molecule has 28 heavy (non-hydrogen) atoms.